The third-order valence-corrected chi connectivity index (χ3v) is 8.26. The van der Waals surface area contributed by atoms with E-state index in [0.717, 1.165) is 75.0 Å². The number of nitrogens with zero attached hydrogens (tertiary/aromatic N) is 3. The van der Waals surface area contributed by atoms with Crippen LogP contribution in [0.3, 0.4) is 0 Å². The number of aromatic nitrogens is 2. The molecule has 5 rings (SSSR count). The van der Waals surface area contributed by atoms with Crippen LogP contribution in [0.5, 0.6) is 5.88 Å². The van der Waals surface area contributed by atoms with Crippen LogP contribution in [0.15, 0.2) is 6.33 Å². The Morgan fingerprint density at radius 3 is 2.74 bits per heavy atom. The van der Waals surface area contributed by atoms with Gasteiger partial charge in [0.25, 0.3) is 0 Å². The first-order chi connectivity index (χ1) is 15.1. The lowest BCUT2D eigenvalue weighted by molar-refractivity contribution is -0.119. The molecule has 3 heterocycles. The molecule has 168 valence electrons. The van der Waals surface area contributed by atoms with Crippen LogP contribution in [-0.4, -0.2) is 65.3 Å². The molecule has 1 amide bonds. The van der Waals surface area contributed by atoms with Crippen molar-refractivity contribution in [2.45, 2.75) is 69.1 Å². The summed E-state index contributed by atoms with van der Waals surface area (Å²) < 4.78 is 12.0. The molecule has 4 N–H and O–H groups in total. The summed E-state index contributed by atoms with van der Waals surface area (Å²) in [6.07, 6.45) is 8.69. The van der Waals surface area contributed by atoms with Crippen LogP contribution in [0.4, 0.5) is 0 Å². The SMILES string of the molecule is NC(=O)C(N)CC1CCc2sc3ncnc(OC4CCC(N5CCOCC5)CC4)c3c21. The van der Waals surface area contributed by atoms with Crippen LogP contribution in [0, 0.1) is 0 Å². The van der Waals surface area contributed by atoms with Crippen molar-refractivity contribution in [2.24, 2.45) is 11.5 Å². The molecule has 2 aliphatic carbocycles. The fourth-order valence-electron chi connectivity index (χ4n) is 5.42. The van der Waals surface area contributed by atoms with Gasteiger partial charge in [0.2, 0.25) is 11.8 Å². The molecule has 3 aliphatic rings. The first-order valence-corrected chi connectivity index (χ1v) is 12.2. The molecular formula is C22H31N5O3S. The van der Waals surface area contributed by atoms with Gasteiger partial charge in [0, 0.05) is 24.0 Å². The quantitative estimate of drug-likeness (QED) is 0.698. The van der Waals surface area contributed by atoms with Crippen molar-refractivity contribution in [3.8, 4) is 5.88 Å². The van der Waals surface area contributed by atoms with Gasteiger partial charge in [-0.3, -0.25) is 9.69 Å². The highest BCUT2D eigenvalue weighted by atomic mass is 32.1. The highest BCUT2D eigenvalue weighted by Crippen LogP contribution is 2.47. The molecule has 9 heteroatoms. The number of carbonyl (C=O) groups is 1. The number of amides is 1. The predicted octanol–water partition coefficient (Wildman–Crippen LogP) is 1.95. The minimum atomic E-state index is -0.629. The molecule has 2 unspecified atom stereocenters. The van der Waals surface area contributed by atoms with Gasteiger partial charge in [0.15, 0.2) is 0 Å². The lowest BCUT2D eigenvalue weighted by Gasteiger charge is -2.38. The Labute approximate surface area is 186 Å². The number of aryl methyl sites for hydroxylation is 1. The van der Waals surface area contributed by atoms with Gasteiger partial charge in [0.1, 0.15) is 17.3 Å². The lowest BCUT2D eigenvalue weighted by atomic mass is 9.91. The summed E-state index contributed by atoms with van der Waals surface area (Å²) in [6.45, 7) is 3.77. The van der Waals surface area contributed by atoms with Crippen molar-refractivity contribution < 1.29 is 14.3 Å². The van der Waals surface area contributed by atoms with Gasteiger partial charge in [-0.1, -0.05) is 0 Å². The molecule has 31 heavy (non-hydrogen) atoms. The predicted molar refractivity (Wildman–Crippen MR) is 119 cm³/mol. The number of hydrogen-bond acceptors (Lipinski definition) is 8. The van der Waals surface area contributed by atoms with Gasteiger partial charge in [0.05, 0.1) is 24.6 Å². The zero-order valence-electron chi connectivity index (χ0n) is 17.8. The molecule has 0 radical (unpaired) electrons. The third kappa shape index (κ3) is 4.28. The van der Waals surface area contributed by atoms with E-state index in [9.17, 15) is 4.79 Å². The third-order valence-electron chi connectivity index (χ3n) is 7.08. The number of hydrogen-bond donors (Lipinski definition) is 2. The van der Waals surface area contributed by atoms with Crippen molar-refractivity contribution in [1.29, 1.82) is 0 Å². The van der Waals surface area contributed by atoms with E-state index in [4.69, 9.17) is 20.9 Å². The van der Waals surface area contributed by atoms with Crippen LogP contribution >= 0.6 is 11.3 Å². The first-order valence-electron chi connectivity index (χ1n) is 11.4. The maximum Gasteiger partial charge on any atom is 0.234 e. The van der Waals surface area contributed by atoms with Crippen LogP contribution in [0.1, 0.15) is 54.9 Å². The molecule has 0 aromatic carbocycles. The van der Waals surface area contributed by atoms with E-state index in [2.05, 4.69) is 14.9 Å². The van der Waals surface area contributed by atoms with Crippen molar-refractivity contribution in [3.63, 3.8) is 0 Å². The Morgan fingerprint density at radius 2 is 2.00 bits per heavy atom. The number of morpholine rings is 1. The molecule has 1 saturated heterocycles. The number of ether oxygens (including phenoxy) is 2. The highest BCUT2D eigenvalue weighted by Gasteiger charge is 2.33. The number of rotatable bonds is 6. The van der Waals surface area contributed by atoms with E-state index in [1.807, 2.05) is 0 Å². The van der Waals surface area contributed by atoms with Crippen LogP contribution in [0.2, 0.25) is 0 Å². The summed E-state index contributed by atoms with van der Waals surface area (Å²) in [5.41, 5.74) is 12.6. The van der Waals surface area contributed by atoms with Gasteiger partial charge in [-0.2, -0.15) is 0 Å². The molecule has 0 bridgehead atoms. The number of nitrogens with two attached hydrogens (primary N) is 2. The first kappa shape index (κ1) is 21.1. The van der Waals surface area contributed by atoms with Crippen molar-refractivity contribution in [2.75, 3.05) is 26.3 Å². The van der Waals surface area contributed by atoms with Gasteiger partial charge in [-0.15, -0.1) is 11.3 Å². The Balaban J connectivity index is 1.31. The number of thiophene rings is 1. The number of fused-ring (bicyclic) bond motifs is 3. The van der Waals surface area contributed by atoms with E-state index in [1.165, 1.54) is 10.4 Å². The molecule has 0 spiro atoms. The molecule has 2 atom stereocenters. The zero-order chi connectivity index (χ0) is 21.4. The largest absolute Gasteiger partial charge is 0.474 e. The molecule has 1 aliphatic heterocycles. The molecule has 2 aromatic heterocycles. The van der Waals surface area contributed by atoms with Gasteiger partial charge in [-0.25, -0.2) is 9.97 Å². The summed E-state index contributed by atoms with van der Waals surface area (Å²) in [7, 11) is 0. The van der Waals surface area contributed by atoms with E-state index < -0.39 is 11.9 Å². The highest BCUT2D eigenvalue weighted by molar-refractivity contribution is 7.19. The summed E-state index contributed by atoms with van der Waals surface area (Å²) >= 11 is 1.71. The second-order valence-corrected chi connectivity index (χ2v) is 10.1. The molecule has 1 saturated carbocycles. The Kier molecular flexibility index (Phi) is 6.10. The standard InChI is InChI=1S/C22H31N5O3S/c23-16(20(24)28)11-13-1-6-17-18(13)19-21(25-12-26-22(19)31-17)30-15-4-2-14(3-5-15)27-7-9-29-10-8-27/h12-16H,1-11,23H2,(H2,24,28). The van der Waals surface area contributed by atoms with E-state index in [1.54, 1.807) is 17.7 Å². The number of carbonyl (C=O) groups excluding carboxylic acids is 1. The van der Waals surface area contributed by atoms with Crippen LogP contribution < -0.4 is 16.2 Å². The van der Waals surface area contributed by atoms with Gasteiger partial charge >= 0.3 is 0 Å². The smallest absolute Gasteiger partial charge is 0.234 e. The van der Waals surface area contributed by atoms with E-state index in [-0.39, 0.29) is 12.0 Å². The topological polar surface area (TPSA) is 117 Å². The minimum Gasteiger partial charge on any atom is -0.474 e. The Hall–Kier alpha value is -1.81. The van der Waals surface area contributed by atoms with Crippen molar-refractivity contribution >= 4 is 27.5 Å². The monoisotopic (exact) mass is 445 g/mol. The van der Waals surface area contributed by atoms with E-state index in [0.29, 0.717) is 18.3 Å². The fourth-order valence-corrected chi connectivity index (χ4v) is 6.65. The average Bonchev–Trinajstić information content (AvgIpc) is 3.35. The van der Waals surface area contributed by atoms with Crippen molar-refractivity contribution in [3.05, 3.63) is 16.8 Å². The second-order valence-electron chi connectivity index (χ2n) is 8.97. The second kappa shape index (κ2) is 8.97. The van der Waals surface area contributed by atoms with Gasteiger partial charge < -0.3 is 20.9 Å². The molecular weight excluding hydrogens is 414 g/mol. The fraction of sp³-hybridized carbons (Fsp3) is 0.682. The Morgan fingerprint density at radius 1 is 1.23 bits per heavy atom. The summed E-state index contributed by atoms with van der Waals surface area (Å²) in [4.78, 5) is 25.4. The van der Waals surface area contributed by atoms with Gasteiger partial charge in [-0.05, 0) is 56.4 Å². The number of primary amides is 1. The summed E-state index contributed by atoms with van der Waals surface area (Å²) in [5, 5.41) is 1.02. The van der Waals surface area contributed by atoms with Crippen LogP contribution in [-0.2, 0) is 16.0 Å². The summed E-state index contributed by atoms with van der Waals surface area (Å²) in [5.74, 6) is 0.450. The molecule has 2 fully saturated rings. The zero-order valence-corrected chi connectivity index (χ0v) is 18.6. The van der Waals surface area contributed by atoms with E-state index >= 15 is 0 Å². The average molecular weight is 446 g/mol. The molecule has 2 aromatic rings. The Bertz CT molecular complexity index is 937. The van der Waals surface area contributed by atoms with Crippen molar-refractivity contribution in [1.82, 2.24) is 14.9 Å². The molecule has 8 nitrogen and oxygen atoms in total. The summed E-state index contributed by atoms with van der Waals surface area (Å²) in [6, 6.07) is 0.00888. The minimum absolute atomic E-state index is 0.179. The normalized spacial score (nSPS) is 27.8. The lowest BCUT2D eigenvalue weighted by Crippen LogP contribution is -2.46. The van der Waals surface area contributed by atoms with Crippen LogP contribution in [0.25, 0.3) is 10.2 Å². The maximum absolute atomic E-state index is 11.5. The maximum atomic E-state index is 11.5.